The van der Waals surface area contributed by atoms with Crippen LogP contribution < -0.4 is 4.72 Å². The highest BCUT2D eigenvalue weighted by Crippen LogP contribution is 2.14. The van der Waals surface area contributed by atoms with Crippen LogP contribution in [-0.2, 0) is 14.8 Å². The fourth-order valence-corrected chi connectivity index (χ4v) is 2.50. The van der Waals surface area contributed by atoms with Crippen molar-refractivity contribution in [2.75, 3.05) is 19.8 Å². The molecular weight excluding hydrogens is 258 g/mol. The van der Waals surface area contributed by atoms with Gasteiger partial charge in [-0.05, 0) is 6.92 Å². The standard InChI is InChI=1S/C9H13N5O3S/c1-2-17-4-3-14-18(15,16)9-7-8(11-5-10-7)12-6-13-9/h5-6,14H,2-4H2,1H3,(H,10,11,12,13). The van der Waals surface area contributed by atoms with E-state index in [1.165, 1.54) is 12.7 Å². The zero-order chi connectivity index (χ0) is 13.0. The van der Waals surface area contributed by atoms with Crippen molar-refractivity contribution in [2.45, 2.75) is 11.9 Å². The lowest BCUT2D eigenvalue weighted by Crippen LogP contribution is -2.28. The normalized spacial score (nSPS) is 12.1. The van der Waals surface area contributed by atoms with Crippen LogP contribution in [0.1, 0.15) is 6.92 Å². The van der Waals surface area contributed by atoms with Crippen LogP contribution in [0.4, 0.5) is 0 Å². The Morgan fingerprint density at radius 1 is 1.39 bits per heavy atom. The van der Waals surface area contributed by atoms with Gasteiger partial charge in [-0.15, -0.1) is 0 Å². The molecule has 2 aromatic rings. The molecule has 9 heteroatoms. The van der Waals surface area contributed by atoms with Crippen LogP contribution in [-0.4, -0.2) is 48.1 Å². The Labute approximate surface area is 104 Å². The van der Waals surface area contributed by atoms with Gasteiger partial charge >= 0.3 is 0 Å². The minimum absolute atomic E-state index is 0.110. The number of imidazole rings is 1. The van der Waals surface area contributed by atoms with Crippen molar-refractivity contribution in [3.63, 3.8) is 0 Å². The molecule has 0 unspecified atom stereocenters. The minimum atomic E-state index is -3.69. The van der Waals surface area contributed by atoms with E-state index < -0.39 is 10.0 Å². The number of fused-ring (bicyclic) bond motifs is 1. The number of nitrogens with zero attached hydrogens (tertiary/aromatic N) is 3. The molecule has 2 aromatic heterocycles. The van der Waals surface area contributed by atoms with Crippen molar-refractivity contribution in [3.05, 3.63) is 12.7 Å². The summed E-state index contributed by atoms with van der Waals surface area (Å²) in [4.78, 5) is 14.2. The van der Waals surface area contributed by atoms with Crippen molar-refractivity contribution in [2.24, 2.45) is 0 Å². The summed E-state index contributed by atoms with van der Waals surface area (Å²) in [6.07, 6.45) is 2.54. The summed E-state index contributed by atoms with van der Waals surface area (Å²) in [5, 5.41) is -0.110. The predicted molar refractivity (Wildman–Crippen MR) is 63.4 cm³/mol. The van der Waals surface area contributed by atoms with E-state index in [-0.39, 0.29) is 11.6 Å². The number of ether oxygens (including phenoxy) is 1. The third-order valence-electron chi connectivity index (χ3n) is 2.19. The topological polar surface area (TPSA) is 110 Å². The molecule has 0 saturated heterocycles. The van der Waals surface area contributed by atoms with Gasteiger partial charge in [-0.2, -0.15) is 0 Å². The Hall–Kier alpha value is -1.58. The van der Waals surface area contributed by atoms with Crippen molar-refractivity contribution >= 4 is 21.2 Å². The minimum Gasteiger partial charge on any atom is -0.380 e. The summed E-state index contributed by atoms with van der Waals surface area (Å²) in [7, 11) is -3.69. The molecule has 0 aromatic carbocycles. The summed E-state index contributed by atoms with van der Waals surface area (Å²) >= 11 is 0. The first-order valence-corrected chi connectivity index (χ1v) is 6.85. The number of H-pyrrole nitrogens is 1. The molecule has 0 aliphatic rings. The molecule has 0 atom stereocenters. The van der Waals surface area contributed by atoms with Gasteiger partial charge in [-0.1, -0.05) is 0 Å². The van der Waals surface area contributed by atoms with Gasteiger partial charge in [0.05, 0.1) is 12.9 Å². The number of rotatable bonds is 6. The Balaban J connectivity index is 2.21. The highest BCUT2D eigenvalue weighted by Gasteiger charge is 2.20. The highest BCUT2D eigenvalue weighted by atomic mass is 32.2. The summed E-state index contributed by atoms with van der Waals surface area (Å²) in [5.74, 6) is 0. The summed E-state index contributed by atoms with van der Waals surface area (Å²) in [6.45, 7) is 2.88. The number of aromatic amines is 1. The average molecular weight is 271 g/mol. The second-order valence-corrected chi connectivity index (χ2v) is 5.06. The van der Waals surface area contributed by atoms with E-state index in [1.807, 2.05) is 6.92 Å². The molecule has 0 amide bonds. The molecule has 0 spiro atoms. The van der Waals surface area contributed by atoms with E-state index in [9.17, 15) is 8.42 Å². The van der Waals surface area contributed by atoms with Gasteiger partial charge in [-0.25, -0.2) is 28.1 Å². The first-order valence-electron chi connectivity index (χ1n) is 5.36. The lowest BCUT2D eigenvalue weighted by Gasteiger charge is -2.06. The molecule has 2 rings (SSSR count). The number of sulfonamides is 1. The molecular formula is C9H13N5O3S. The first kappa shape index (κ1) is 12.9. The summed E-state index contributed by atoms with van der Waals surface area (Å²) in [5.41, 5.74) is 0.608. The Kier molecular flexibility index (Phi) is 3.84. The molecule has 0 aliphatic carbocycles. The molecule has 2 N–H and O–H groups in total. The molecule has 0 radical (unpaired) electrons. The van der Waals surface area contributed by atoms with Crippen molar-refractivity contribution in [3.8, 4) is 0 Å². The SMILES string of the molecule is CCOCCNS(=O)(=O)c1ncnc2nc[nH]c12. The zero-order valence-electron chi connectivity index (χ0n) is 9.75. The quantitative estimate of drug-likeness (QED) is 0.550. The van der Waals surface area contributed by atoms with Crippen LogP contribution in [0, 0.1) is 0 Å². The molecule has 0 saturated carbocycles. The average Bonchev–Trinajstić information content (AvgIpc) is 2.82. The van der Waals surface area contributed by atoms with Gasteiger partial charge in [0, 0.05) is 13.2 Å². The van der Waals surface area contributed by atoms with Crippen LogP contribution in [0.2, 0.25) is 0 Å². The van der Waals surface area contributed by atoms with E-state index in [2.05, 4.69) is 24.7 Å². The van der Waals surface area contributed by atoms with Gasteiger partial charge in [0.2, 0.25) is 0 Å². The van der Waals surface area contributed by atoms with Crippen molar-refractivity contribution in [1.29, 1.82) is 0 Å². The molecule has 0 fully saturated rings. The van der Waals surface area contributed by atoms with Crippen LogP contribution in [0.25, 0.3) is 11.2 Å². The van der Waals surface area contributed by atoms with Gasteiger partial charge in [0.15, 0.2) is 10.7 Å². The first-order chi connectivity index (χ1) is 8.65. The van der Waals surface area contributed by atoms with E-state index in [4.69, 9.17) is 4.74 Å². The summed E-state index contributed by atoms with van der Waals surface area (Å²) in [6, 6.07) is 0. The smallest absolute Gasteiger partial charge is 0.260 e. The highest BCUT2D eigenvalue weighted by molar-refractivity contribution is 7.89. The number of hydrogen-bond donors (Lipinski definition) is 2. The van der Waals surface area contributed by atoms with Gasteiger partial charge in [0.1, 0.15) is 11.8 Å². The fraction of sp³-hybridized carbons (Fsp3) is 0.444. The molecule has 8 nitrogen and oxygen atoms in total. The molecule has 0 bridgehead atoms. The maximum absolute atomic E-state index is 12.0. The monoisotopic (exact) mass is 271 g/mol. The largest absolute Gasteiger partial charge is 0.380 e. The Bertz CT molecular complexity index is 624. The van der Waals surface area contributed by atoms with Crippen LogP contribution >= 0.6 is 0 Å². The molecule has 98 valence electrons. The Morgan fingerprint density at radius 3 is 3.00 bits per heavy atom. The number of aromatic nitrogens is 4. The van der Waals surface area contributed by atoms with Gasteiger partial charge < -0.3 is 9.72 Å². The predicted octanol–water partition coefficient (Wildman–Crippen LogP) is -0.332. The molecule has 18 heavy (non-hydrogen) atoms. The zero-order valence-corrected chi connectivity index (χ0v) is 10.6. The lowest BCUT2D eigenvalue weighted by molar-refractivity contribution is 0.153. The third-order valence-corrected chi connectivity index (χ3v) is 3.59. The number of hydrogen-bond acceptors (Lipinski definition) is 6. The maximum atomic E-state index is 12.0. The fourth-order valence-electron chi connectivity index (χ4n) is 1.41. The second kappa shape index (κ2) is 5.38. The van der Waals surface area contributed by atoms with Crippen molar-refractivity contribution < 1.29 is 13.2 Å². The molecule has 2 heterocycles. The number of nitrogens with one attached hydrogen (secondary N) is 2. The Morgan fingerprint density at radius 2 is 2.22 bits per heavy atom. The van der Waals surface area contributed by atoms with Crippen LogP contribution in [0.3, 0.4) is 0 Å². The van der Waals surface area contributed by atoms with Gasteiger partial charge in [-0.3, -0.25) is 0 Å². The second-order valence-electron chi connectivity index (χ2n) is 3.37. The lowest BCUT2D eigenvalue weighted by atomic mass is 10.6. The molecule has 0 aliphatic heterocycles. The maximum Gasteiger partial charge on any atom is 0.260 e. The summed E-state index contributed by atoms with van der Waals surface area (Å²) < 4.78 is 31.5. The third kappa shape index (κ3) is 2.63. The van der Waals surface area contributed by atoms with E-state index in [0.717, 1.165) is 0 Å². The van der Waals surface area contributed by atoms with Crippen LogP contribution in [0.15, 0.2) is 17.7 Å². The van der Waals surface area contributed by atoms with E-state index >= 15 is 0 Å². The van der Waals surface area contributed by atoms with Crippen LogP contribution in [0.5, 0.6) is 0 Å². The van der Waals surface area contributed by atoms with Crippen molar-refractivity contribution in [1.82, 2.24) is 24.7 Å². The van der Waals surface area contributed by atoms with E-state index in [1.54, 1.807) is 0 Å². The van der Waals surface area contributed by atoms with Gasteiger partial charge in [0.25, 0.3) is 10.0 Å². The van der Waals surface area contributed by atoms with E-state index in [0.29, 0.717) is 24.4 Å².